The zero-order valence-electron chi connectivity index (χ0n) is 7.93. The summed E-state index contributed by atoms with van der Waals surface area (Å²) in [4.78, 5) is 11.6. The van der Waals surface area contributed by atoms with Crippen LogP contribution in [0.2, 0.25) is 0 Å². The van der Waals surface area contributed by atoms with Crippen molar-refractivity contribution in [2.75, 3.05) is 20.6 Å². The molecule has 0 bridgehead atoms. The molecule has 0 aromatic carbocycles. The molecule has 0 aromatic rings. The van der Waals surface area contributed by atoms with Crippen LogP contribution in [0.4, 0.5) is 0 Å². The average molecular weight is 175 g/mol. The largest absolute Gasteiger partial charge is 0.544 e. The first-order valence-electron chi connectivity index (χ1n) is 4.37. The monoisotopic (exact) mass is 175 g/mol. The maximum absolute atomic E-state index is 10.2. The molecule has 1 atom stereocenters. The van der Waals surface area contributed by atoms with Crippen LogP contribution in [0.5, 0.6) is 0 Å². The van der Waals surface area contributed by atoms with Crippen LogP contribution in [0.1, 0.15) is 19.3 Å². The van der Waals surface area contributed by atoms with E-state index in [0.717, 1.165) is 19.4 Å². The maximum Gasteiger partial charge on any atom is 0.124 e. The van der Waals surface area contributed by atoms with E-state index in [9.17, 15) is 9.90 Å². The van der Waals surface area contributed by atoms with E-state index in [2.05, 4.69) is 19.8 Å². The van der Waals surface area contributed by atoms with E-state index >= 15 is 0 Å². The minimum atomic E-state index is -1.03. The Morgan fingerprint density at radius 3 is 2.50 bits per heavy atom. The Kier molecular flexibility index (Phi) is 5.66. The highest BCUT2D eigenvalue weighted by Gasteiger charge is 2.06. The molecule has 12 heavy (non-hydrogen) atoms. The summed E-state index contributed by atoms with van der Waals surface area (Å²) in [5.41, 5.74) is 3.49. The molecule has 4 heteroatoms. The Balaban J connectivity index is 3.25. The SMILES string of the molecule is C[NH+](C)CCCC[C@H]([NH3+])C(=O)[O-]. The predicted molar refractivity (Wildman–Crippen MR) is 43.2 cm³/mol. The third-order valence-electron chi connectivity index (χ3n) is 1.81. The van der Waals surface area contributed by atoms with Crippen LogP contribution < -0.4 is 15.7 Å². The van der Waals surface area contributed by atoms with Gasteiger partial charge < -0.3 is 20.5 Å². The van der Waals surface area contributed by atoms with Crippen LogP contribution in [-0.4, -0.2) is 32.7 Å². The van der Waals surface area contributed by atoms with Crippen LogP contribution >= 0.6 is 0 Å². The fraction of sp³-hybridized carbons (Fsp3) is 0.875. The number of unbranched alkanes of at least 4 members (excludes halogenated alkanes) is 1. The van der Waals surface area contributed by atoms with Crippen molar-refractivity contribution in [2.45, 2.75) is 25.3 Å². The van der Waals surface area contributed by atoms with E-state index in [-0.39, 0.29) is 0 Å². The van der Waals surface area contributed by atoms with Crippen LogP contribution in [0, 0.1) is 0 Å². The summed E-state index contributed by atoms with van der Waals surface area (Å²) in [6, 6.07) is -0.540. The highest BCUT2D eigenvalue weighted by atomic mass is 16.4. The van der Waals surface area contributed by atoms with Crippen LogP contribution in [0.15, 0.2) is 0 Å². The topological polar surface area (TPSA) is 72.2 Å². The summed E-state index contributed by atoms with van der Waals surface area (Å²) in [5, 5.41) is 10.2. The lowest BCUT2D eigenvalue weighted by Crippen LogP contribution is -3.05. The number of carboxylic acids is 1. The van der Waals surface area contributed by atoms with Crippen LogP contribution in [0.3, 0.4) is 0 Å². The van der Waals surface area contributed by atoms with Crippen molar-refractivity contribution >= 4 is 5.97 Å². The number of hydrogen-bond acceptors (Lipinski definition) is 2. The molecule has 0 aliphatic carbocycles. The molecule has 0 heterocycles. The highest BCUT2D eigenvalue weighted by molar-refractivity contribution is 5.68. The summed E-state index contributed by atoms with van der Waals surface area (Å²) in [6.45, 7) is 1.08. The van der Waals surface area contributed by atoms with Crippen molar-refractivity contribution in [3.8, 4) is 0 Å². The van der Waals surface area contributed by atoms with E-state index in [4.69, 9.17) is 0 Å². The van der Waals surface area contributed by atoms with E-state index in [1.54, 1.807) is 0 Å². The normalized spacial score (nSPS) is 13.3. The molecule has 0 fully saturated rings. The Morgan fingerprint density at radius 2 is 2.08 bits per heavy atom. The molecule has 4 N–H and O–H groups in total. The zero-order valence-corrected chi connectivity index (χ0v) is 7.93. The summed E-state index contributed by atoms with van der Waals surface area (Å²) >= 11 is 0. The molecule has 4 nitrogen and oxygen atoms in total. The molecule has 0 saturated carbocycles. The third kappa shape index (κ3) is 6.12. The third-order valence-corrected chi connectivity index (χ3v) is 1.81. The lowest BCUT2D eigenvalue weighted by Gasteiger charge is -2.09. The molecular formula is C8H19N2O2+. The van der Waals surface area contributed by atoms with Crippen molar-refractivity contribution in [1.29, 1.82) is 0 Å². The lowest BCUT2D eigenvalue weighted by molar-refractivity contribution is -0.858. The molecular weight excluding hydrogens is 156 g/mol. The van der Waals surface area contributed by atoms with Gasteiger partial charge >= 0.3 is 0 Å². The molecule has 0 aliphatic heterocycles. The molecule has 0 unspecified atom stereocenters. The first-order chi connectivity index (χ1) is 5.54. The predicted octanol–water partition coefficient (Wildman–Crippen LogP) is -3.34. The number of rotatable bonds is 6. The highest BCUT2D eigenvalue weighted by Crippen LogP contribution is 1.94. The van der Waals surface area contributed by atoms with Gasteiger partial charge in [-0.25, -0.2) is 0 Å². The number of carboxylic acid groups (broad SMARTS) is 1. The average Bonchev–Trinajstić information content (AvgIpc) is 1.97. The smallest absolute Gasteiger partial charge is 0.124 e. The van der Waals surface area contributed by atoms with Gasteiger partial charge in [-0.3, -0.25) is 0 Å². The Hall–Kier alpha value is -0.610. The number of quaternary nitrogens is 2. The van der Waals surface area contributed by atoms with Crippen molar-refractivity contribution in [3.63, 3.8) is 0 Å². The number of nitrogens with one attached hydrogen (secondary N) is 1. The Labute approximate surface area is 73.3 Å². The van der Waals surface area contributed by atoms with Crippen LogP contribution in [0.25, 0.3) is 0 Å². The van der Waals surface area contributed by atoms with Gasteiger partial charge in [0.2, 0.25) is 0 Å². The number of hydrogen-bond donors (Lipinski definition) is 2. The molecule has 0 rings (SSSR count). The molecule has 0 radical (unpaired) electrons. The summed E-state index contributed by atoms with van der Waals surface area (Å²) in [5.74, 6) is -1.03. The first-order valence-corrected chi connectivity index (χ1v) is 4.37. The zero-order chi connectivity index (χ0) is 9.56. The molecule has 0 saturated heterocycles. The lowest BCUT2D eigenvalue weighted by atomic mass is 10.1. The fourth-order valence-electron chi connectivity index (χ4n) is 0.987. The summed E-state index contributed by atoms with van der Waals surface area (Å²) < 4.78 is 0. The second-order valence-electron chi connectivity index (χ2n) is 3.47. The van der Waals surface area contributed by atoms with Gasteiger partial charge in [0.15, 0.2) is 0 Å². The minimum absolute atomic E-state index is 0.540. The Bertz CT molecular complexity index is 137. The van der Waals surface area contributed by atoms with Gasteiger partial charge in [0, 0.05) is 6.42 Å². The van der Waals surface area contributed by atoms with Gasteiger partial charge in [-0.05, 0) is 12.8 Å². The standard InChI is InChI=1S/C8H18N2O2/c1-10(2)6-4-3-5-7(9)8(11)12/h7H,3-6,9H2,1-2H3,(H,11,12)/p+1/t7-/m0/s1. The van der Waals surface area contributed by atoms with Crippen molar-refractivity contribution in [1.82, 2.24) is 0 Å². The molecule has 0 spiro atoms. The first kappa shape index (κ1) is 11.4. The van der Waals surface area contributed by atoms with Gasteiger partial charge in [-0.1, -0.05) is 0 Å². The fourth-order valence-corrected chi connectivity index (χ4v) is 0.987. The molecule has 72 valence electrons. The summed E-state index contributed by atoms with van der Waals surface area (Å²) in [7, 11) is 4.17. The summed E-state index contributed by atoms with van der Waals surface area (Å²) in [6.07, 6.45) is 2.62. The van der Waals surface area contributed by atoms with Crippen molar-refractivity contribution in [3.05, 3.63) is 0 Å². The van der Waals surface area contributed by atoms with E-state index in [1.807, 2.05) is 0 Å². The van der Waals surface area contributed by atoms with Crippen LogP contribution in [-0.2, 0) is 4.79 Å². The maximum atomic E-state index is 10.2. The number of carbonyl (C=O) groups is 1. The van der Waals surface area contributed by atoms with E-state index in [1.165, 1.54) is 4.90 Å². The van der Waals surface area contributed by atoms with E-state index < -0.39 is 12.0 Å². The number of aliphatic carboxylic acids is 1. The van der Waals surface area contributed by atoms with Gasteiger partial charge in [0.1, 0.15) is 6.04 Å². The van der Waals surface area contributed by atoms with E-state index in [0.29, 0.717) is 6.42 Å². The van der Waals surface area contributed by atoms with Crippen molar-refractivity contribution in [2.24, 2.45) is 0 Å². The van der Waals surface area contributed by atoms with Gasteiger partial charge in [0.05, 0.1) is 26.6 Å². The number of carbonyl (C=O) groups excluding carboxylic acids is 1. The second kappa shape index (κ2) is 5.97. The van der Waals surface area contributed by atoms with Gasteiger partial charge in [-0.15, -0.1) is 0 Å². The van der Waals surface area contributed by atoms with Gasteiger partial charge in [-0.2, -0.15) is 0 Å². The second-order valence-corrected chi connectivity index (χ2v) is 3.47. The minimum Gasteiger partial charge on any atom is -0.544 e. The molecule has 0 amide bonds. The van der Waals surface area contributed by atoms with Gasteiger partial charge in [0.25, 0.3) is 0 Å². The Morgan fingerprint density at radius 1 is 1.50 bits per heavy atom. The van der Waals surface area contributed by atoms with Crippen molar-refractivity contribution < 1.29 is 20.5 Å². The molecule has 0 aromatic heterocycles. The molecule has 0 aliphatic rings. The quantitative estimate of drug-likeness (QED) is 0.414.